The van der Waals surface area contributed by atoms with Gasteiger partial charge in [0.15, 0.2) is 0 Å². The van der Waals surface area contributed by atoms with Crippen LogP contribution in [0.2, 0.25) is 0 Å². The summed E-state index contributed by atoms with van der Waals surface area (Å²) in [6, 6.07) is 0.478. The molecule has 3 aliphatic rings. The van der Waals surface area contributed by atoms with Crippen molar-refractivity contribution >= 4 is 11.9 Å². The van der Waals surface area contributed by atoms with Crippen LogP contribution < -0.4 is 5.32 Å². The minimum Gasteiger partial charge on any atom is -0.408 e. The molecule has 1 aliphatic heterocycles. The zero-order chi connectivity index (χ0) is 16.7. The number of aromatic nitrogens is 2. The number of amides is 1. The van der Waals surface area contributed by atoms with E-state index in [2.05, 4.69) is 27.3 Å². The minimum absolute atomic E-state index is 0.350. The lowest BCUT2D eigenvalue weighted by Crippen LogP contribution is -2.33. The minimum atomic E-state index is 0.350. The van der Waals surface area contributed by atoms with Crippen LogP contribution in [0.25, 0.3) is 0 Å². The number of carbonyl (C=O) groups is 1. The Hall–Kier alpha value is -1.59. The third-order valence-corrected chi connectivity index (χ3v) is 6.58. The van der Waals surface area contributed by atoms with Crippen molar-refractivity contribution in [2.75, 3.05) is 25.0 Å². The van der Waals surface area contributed by atoms with Gasteiger partial charge < -0.3 is 14.6 Å². The maximum atomic E-state index is 12.8. The second kappa shape index (κ2) is 6.05. The van der Waals surface area contributed by atoms with E-state index in [9.17, 15) is 4.79 Å². The average molecular weight is 332 g/mol. The quantitative estimate of drug-likeness (QED) is 0.898. The molecule has 1 aromatic rings. The molecule has 2 bridgehead atoms. The Kier molecular flexibility index (Phi) is 4.01. The van der Waals surface area contributed by atoms with Crippen LogP contribution in [0.1, 0.15) is 51.3 Å². The van der Waals surface area contributed by atoms with E-state index in [4.69, 9.17) is 4.42 Å². The lowest BCUT2D eigenvalue weighted by Gasteiger charge is -2.28. The number of carbonyl (C=O) groups excluding carboxylic acids is 1. The fourth-order valence-corrected chi connectivity index (χ4v) is 5.08. The van der Waals surface area contributed by atoms with Crippen molar-refractivity contribution in [1.29, 1.82) is 0 Å². The van der Waals surface area contributed by atoms with Crippen LogP contribution in [-0.4, -0.2) is 40.6 Å². The van der Waals surface area contributed by atoms with Crippen molar-refractivity contribution in [3.63, 3.8) is 0 Å². The van der Waals surface area contributed by atoms with Crippen LogP contribution in [0.5, 0.6) is 0 Å². The van der Waals surface area contributed by atoms with Gasteiger partial charge in [-0.2, -0.15) is 0 Å². The average Bonchev–Trinajstić information content (AvgIpc) is 3.30. The fraction of sp³-hybridized carbons (Fsp3) is 0.833. The highest BCUT2D eigenvalue weighted by Crippen LogP contribution is 2.56. The van der Waals surface area contributed by atoms with Gasteiger partial charge in [0.25, 0.3) is 0 Å². The number of anilines is 1. The summed E-state index contributed by atoms with van der Waals surface area (Å²) >= 11 is 0. The molecule has 4 rings (SSSR count). The molecule has 2 saturated carbocycles. The maximum Gasteiger partial charge on any atom is 0.315 e. The summed E-state index contributed by atoms with van der Waals surface area (Å²) in [4.78, 5) is 14.9. The highest BCUT2D eigenvalue weighted by molar-refractivity contribution is 5.77. The van der Waals surface area contributed by atoms with E-state index in [0.717, 1.165) is 32.0 Å². The van der Waals surface area contributed by atoms with Gasteiger partial charge in [-0.3, -0.25) is 4.79 Å². The molecule has 6 heteroatoms. The van der Waals surface area contributed by atoms with E-state index in [1.807, 2.05) is 0 Å². The van der Waals surface area contributed by atoms with Crippen molar-refractivity contribution in [2.45, 2.75) is 52.4 Å². The van der Waals surface area contributed by atoms with Gasteiger partial charge >= 0.3 is 6.01 Å². The Morgan fingerprint density at radius 3 is 2.75 bits per heavy atom. The van der Waals surface area contributed by atoms with Crippen LogP contribution in [0.15, 0.2) is 4.42 Å². The van der Waals surface area contributed by atoms with Gasteiger partial charge in [-0.1, -0.05) is 12.0 Å². The standard InChI is InChI=1S/C18H28N4O2/c1-12-10-22(11-15(12)9-19-17-21-20-13(2)24-17)16(23)8-18-5-3-14(7-18)4-6-18/h12,14-15H,3-11H2,1-2H3,(H,19,21). The van der Waals surface area contributed by atoms with E-state index >= 15 is 0 Å². The number of nitrogens with zero attached hydrogens (tertiary/aromatic N) is 3. The molecule has 132 valence electrons. The number of nitrogens with one attached hydrogen (secondary N) is 1. The number of likely N-dealkylation sites (tertiary alicyclic amines) is 1. The molecule has 1 saturated heterocycles. The Labute approximate surface area is 143 Å². The van der Waals surface area contributed by atoms with E-state index in [-0.39, 0.29) is 0 Å². The second-order valence-corrected chi connectivity index (χ2v) is 8.37. The second-order valence-electron chi connectivity index (χ2n) is 8.37. The number of aryl methyl sites for hydroxylation is 1. The van der Waals surface area contributed by atoms with Crippen molar-refractivity contribution < 1.29 is 9.21 Å². The first kappa shape index (κ1) is 15.9. The molecule has 1 N–H and O–H groups in total. The van der Waals surface area contributed by atoms with Gasteiger partial charge in [0.1, 0.15) is 0 Å². The van der Waals surface area contributed by atoms with E-state index < -0.39 is 0 Å². The highest BCUT2D eigenvalue weighted by Gasteiger charge is 2.47. The fourth-order valence-electron chi connectivity index (χ4n) is 5.08. The summed E-state index contributed by atoms with van der Waals surface area (Å²) in [5.74, 6) is 2.80. The molecule has 1 amide bonds. The summed E-state index contributed by atoms with van der Waals surface area (Å²) < 4.78 is 5.36. The van der Waals surface area contributed by atoms with Gasteiger partial charge in [0.2, 0.25) is 11.8 Å². The first-order valence-electron chi connectivity index (χ1n) is 9.35. The predicted octanol–water partition coefficient (Wildman–Crippen LogP) is 2.85. The maximum absolute atomic E-state index is 12.8. The summed E-state index contributed by atoms with van der Waals surface area (Å²) in [6.07, 6.45) is 7.31. The van der Waals surface area contributed by atoms with Crippen LogP contribution in [0.3, 0.4) is 0 Å². The summed E-state index contributed by atoms with van der Waals surface area (Å²) in [6.45, 7) is 6.53. The topological polar surface area (TPSA) is 71.3 Å². The molecule has 6 nitrogen and oxygen atoms in total. The number of hydrogen-bond acceptors (Lipinski definition) is 5. The molecular formula is C18H28N4O2. The van der Waals surface area contributed by atoms with Crippen molar-refractivity contribution in [2.24, 2.45) is 23.2 Å². The molecule has 2 unspecified atom stereocenters. The van der Waals surface area contributed by atoms with Crippen LogP contribution in [0, 0.1) is 30.1 Å². The zero-order valence-corrected chi connectivity index (χ0v) is 14.8. The monoisotopic (exact) mass is 332 g/mol. The lowest BCUT2D eigenvalue weighted by molar-refractivity contribution is -0.132. The van der Waals surface area contributed by atoms with Gasteiger partial charge in [-0.05, 0) is 55.3 Å². The SMILES string of the molecule is Cc1nnc(NCC2CN(C(=O)CC34CCC(CC3)C4)CC2C)o1. The molecule has 2 aliphatic carbocycles. The van der Waals surface area contributed by atoms with E-state index in [1.54, 1.807) is 6.92 Å². The van der Waals surface area contributed by atoms with Crippen molar-refractivity contribution in [3.05, 3.63) is 5.89 Å². The highest BCUT2D eigenvalue weighted by atomic mass is 16.4. The summed E-state index contributed by atoms with van der Waals surface area (Å²) in [5, 5.41) is 11.0. The first-order valence-corrected chi connectivity index (χ1v) is 9.35. The van der Waals surface area contributed by atoms with Crippen molar-refractivity contribution in [3.8, 4) is 0 Å². The Morgan fingerprint density at radius 2 is 2.12 bits per heavy atom. The Bertz CT molecular complexity index is 606. The third kappa shape index (κ3) is 3.03. The largest absolute Gasteiger partial charge is 0.408 e. The Balaban J connectivity index is 1.30. The number of hydrogen-bond donors (Lipinski definition) is 1. The van der Waals surface area contributed by atoms with Crippen LogP contribution in [-0.2, 0) is 4.79 Å². The molecule has 24 heavy (non-hydrogen) atoms. The van der Waals surface area contributed by atoms with Gasteiger partial charge in [0, 0.05) is 33.0 Å². The zero-order valence-electron chi connectivity index (χ0n) is 14.8. The van der Waals surface area contributed by atoms with E-state index in [1.165, 1.54) is 32.1 Å². The molecule has 0 spiro atoms. The Morgan fingerprint density at radius 1 is 1.33 bits per heavy atom. The van der Waals surface area contributed by atoms with Crippen LogP contribution >= 0.6 is 0 Å². The van der Waals surface area contributed by atoms with E-state index in [0.29, 0.717) is 35.1 Å². The lowest BCUT2D eigenvalue weighted by atomic mass is 9.81. The normalized spacial score (nSPS) is 34.9. The smallest absolute Gasteiger partial charge is 0.315 e. The molecule has 3 fully saturated rings. The summed E-state index contributed by atoms with van der Waals surface area (Å²) in [5.41, 5.74) is 0.350. The first-order chi connectivity index (χ1) is 11.5. The predicted molar refractivity (Wildman–Crippen MR) is 90.4 cm³/mol. The molecule has 0 radical (unpaired) electrons. The molecule has 2 heterocycles. The van der Waals surface area contributed by atoms with Crippen LogP contribution in [0.4, 0.5) is 6.01 Å². The van der Waals surface area contributed by atoms with Gasteiger partial charge in [0.05, 0.1) is 0 Å². The van der Waals surface area contributed by atoms with Gasteiger partial charge in [-0.25, -0.2) is 0 Å². The molecule has 1 aromatic heterocycles. The third-order valence-electron chi connectivity index (χ3n) is 6.58. The summed E-state index contributed by atoms with van der Waals surface area (Å²) in [7, 11) is 0. The molecule has 0 aromatic carbocycles. The number of fused-ring (bicyclic) bond motifs is 2. The molecular weight excluding hydrogens is 304 g/mol. The molecule has 2 atom stereocenters. The van der Waals surface area contributed by atoms with Crippen molar-refractivity contribution in [1.82, 2.24) is 15.1 Å². The van der Waals surface area contributed by atoms with Gasteiger partial charge in [-0.15, -0.1) is 5.10 Å². The number of rotatable bonds is 5.